The molecule has 0 saturated carbocycles. The number of nitro groups is 1. The zero-order valence-corrected chi connectivity index (χ0v) is 10.6. The highest BCUT2D eigenvalue weighted by atomic mass is 79.9. The van der Waals surface area contributed by atoms with Crippen LogP contribution in [0.15, 0.2) is 22.7 Å². The van der Waals surface area contributed by atoms with Gasteiger partial charge in [0.2, 0.25) is 0 Å². The van der Waals surface area contributed by atoms with Crippen LogP contribution in [0.4, 0.5) is 5.69 Å². The van der Waals surface area contributed by atoms with Crippen LogP contribution in [-0.2, 0) is 11.3 Å². The van der Waals surface area contributed by atoms with Gasteiger partial charge in [-0.25, -0.2) is 0 Å². The van der Waals surface area contributed by atoms with E-state index in [1.54, 1.807) is 12.1 Å². The number of benzene rings is 1. The fourth-order valence-electron chi connectivity index (χ4n) is 1.21. The second-order valence-electron chi connectivity index (χ2n) is 3.47. The minimum Gasteiger partial charge on any atom is -0.480 e. The smallest absolute Gasteiger partial charge is 0.320 e. The molecule has 0 amide bonds. The minimum atomic E-state index is -0.996. The molecule has 0 aromatic heterocycles. The lowest BCUT2D eigenvalue weighted by atomic mass is 10.1. The number of hydrogen-bond donors (Lipinski definition) is 2. The van der Waals surface area contributed by atoms with Crippen LogP contribution >= 0.6 is 15.9 Å². The number of rotatable bonds is 5. The molecule has 1 aromatic rings. The van der Waals surface area contributed by atoms with Crippen molar-refractivity contribution in [2.45, 2.75) is 19.5 Å². The maximum absolute atomic E-state index is 10.8. The number of nitro benzene ring substituents is 1. The molecular formula is C10H11BrN2O4. The molecule has 1 aromatic carbocycles. The maximum atomic E-state index is 10.8. The lowest BCUT2D eigenvalue weighted by Gasteiger charge is -2.09. The average molecular weight is 303 g/mol. The fourth-order valence-corrected chi connectivity index (χ4v) is 1.56. The molecule has 1 atom stereocenters. The molecular weight excluding hydrogens is 292 g/mol. The Morgan fingerprint density at radius 2 is 2.29 bits per heavy atom. The van der Waals surface area contributed by atoms with Crippen molar-refractivity contribution in [3.8, 4) is 0 Å². The first-order valence-electron chi connectivity index (χ1n) is 4.81. The van der Waals surface area contributed by atoms with Crippen molar-refractivity contribution in [2.75, 3.05) is 0 Å². The second kappa shape index (κ2) is 5.74. The molecule has 17 heavy (non-hydrogen) atoms. The molecule has 1 rings (SSSR count). The molecule has 0 fully saturated rings. The van der Waals surface area contributed by atoms with Crippen LogP contribution in [-0.4, -0.2) is 22.0 Å². The maximum Gasteiger partial charge on any atom is 0.320 e. The third kappa shape index (κ3) is 3.79. The van der Waals surface area contributed by atoms with Crippen LogP contribution in [0.3, 0.4) is 0 Å². The molecule has 0 aliphatic heterocycles. The van der Waals surface area contributed by atoms with Gasteiger partial charge in [-0.05, 0) is 19.1 Å². The Balaban J connectivity index is 2.84. The third-order valence-electron chi connectivity index (χ3n) is 2.21. The highest BCUT2D eigenvalue weighted by Gasteiger charge is 2.16. The number of hydrogen-bond acceptors (Lipinski definition) is 4. The minimum absolute atomic E-state index is 0.0375. The van der Waals surface area contributed by atoms with Crippen molar-refractivity contribution in [2.24, 2.45) is 0 Å². The molecule has 2 N–H and O–H groups in total. The predicted molar refractivity (Wildman–Crippen MR) is 64.7 cm³/mol. The van der Waals surface area contributed by atoms with Crippen molar-refractivity contribution >= 4 is 27.6 Å². The van der Waals surface area contributed by atoms with Gasteiger partial charge in [-0.3, -0.25) is 14.9 Å². The van der Waals surface area contributed by atoms with Crippen molar-refractivity contribution in [3.05, 3.63) is 38.3 Å². The van der Waals surface area contributed by atoms with Crippen LogP contribution in [0.1, 0.15) is 12.5 Å². The highest BCUT2D eigenvalue weighted by Crippen LogP contribution is 2.23. The van der Waals surface area contributed by atoms with Gasteiger partial charge in [-0.15, -0.1) is 0 Å². The second-order valence-corrected chi connectivity index (χ2v) is 4.39. The lowest BCUT2D eigenvalue weighted by Crippen LogP contribution is -2.33. The molecule has 0 aliphatic rings. The number of carbonyl (C=O) groups is 1. The number of aliphatic carboxylic acids is 1. The number of nitrogens with one attached hydrogen (secondary N) is 1. The predicted octanol–water partition coefficient (Wildman–Crippen LogP) is 1.92. The van der Waals surface area contributed by atoms with Gasteiger partial charge in [0.05, 0.1) is 4.92 Å². The normalized spacial score (nSPS) is 12.1. The Kier molecular flexibility index (Phi) is 4.59. The summed E-state index contributed by atoms with van der Waals surface area (Å²) in [5, 5.41) is 22.2. The molecule has 92 valence electrons. The van der Waals surface area contributed by atoms with E-state index < -0.39 is 16.9 Å². The van der Waals surface area contributed by atoms with Crippen LogP contribution in [0.25, 0.3) is 0 Å². The van der Waals surface area contributed by atoms with Gasteiger partial charge in [-0.2, -0.15) is 0 Å². The van der Waals surface area contributed by atoms with E-state index in [4.69, 9.17) is 5.11 Å². The Morgan fingerprint density at radius 1 is 1.65 bits per heavy atom. The Bertz CT molecular complexity index is 450. The first-order chi connectivity index (χ1) is 7.91. The Labute approximate surface area is 106 Å². The summed E-state index contributed by atoms with van der Waals surface area (Å²) >= 11 is 3.15. The van der Waals surface area contributed by atoms with E-state index in [0.29, 0.717) is 10.0 Å². The van der Waals surface area contributed by atoms with Gasteiger partial charge in [0.15, 0.2) is 0 Å². The SMILES string of the molecule is CC(NCc1ccc(Br)cc1[N+](=O)[O-])C(=O)O. The fraction of sp³-hybridized carbons (Fsp3) is 0.300. The number of nitrogens with zero attached hydrogens (tertiary/aromatic N) is 1. The molecule has 0 heterocycles. The monoisotopic (exact) mass is 302 g/mol. The molecule has 6 nitrogen and oxygen atoms in total. The van der Waals surface area contributed by atoms with E-state index in [-0.39, 0.29) is 12.2 Å². The van der Waals surface area contributed by atoms with Gasteiger partial charge >= 0.3 is 5.97 Å². The van der Waals surface area contributed by atoms with E-state index >= 15 is 0 Å². The van der Waals surface area contributed by atoms with Crippen molar-refractivity contribution in [1.82, 2.24) is 5.32 Å². The first-order valence-corrected chi connectivity index (χ1v) is 5.60. The van der Waals surface area contributed by atoms with E-state index in [1.807, 2.05) is 0 Å². The summed E-state index contributed by atoms with van der Waals surface area (Å²) in [7, 11) is 0. The standard InChI is InChI=1S/C10H11BrN2O4/c1-6(10(14)15)12-5-7-2-3-8(11)4-9(7)13(16)17/h2-4,6,12H,5H2,1H3,(H,14,15). The van der Waals surface area contributed by atoms with Crippen LogP contribution in [0.2, 0.25) is 0 Å². The van der Waals surface area contributed by atoms with Crippen molar-refractivity contribution < 1.29 is 14.8 Å². The molecule has 0 saturated heterocycles. The summed E-state index contributed by atoms with van der Waals surface area (Å²) in [6.45, 7) is 1.62. The van der Waals surface area contributed by atoms with Crippen LogP contribution < -0.4 is 5.32 Å². The lowest BCUT2D eigenvalue weighted by molar-refractivity contribution is -0.385. The molecule has 1 unspecified atom stereocenters. The van der Waals surface area contributed by atoms with Crippen LogP contribution in [0.5, 0.6) is 0 Å². The average Bonchev–Trinajstić information content (AvgIpc) is 2.26. The van der Waals surface area contributed by atoms with Gasteiger partial charge in [0.25, 0.3) is 5.69 Å². The number of carboxylic acids is 1. The summed E-state index contributed by atoms with van der Waals surface area (Å²) in [5.41, 5.74) is 0.413. The summed E-state index contributed by atoms with van der Waals surface area (Å²) in [5.74, 6) is -0.996. The van der Waals surface area contributed by atoms with Crippen molar-refractivity contribution in [3.63, 3.8) is 0 Å². The Hall–Kier alpha value is -1.47. The molecule has 0 radical (unpaired) electrons. The zero-order valence-electron chi connectivity index (χ0n) is 9.01. The van der Waals surface area contributed by atoms with E-state index in [0.717, 1.165) is 0 Å². The van der Waals surface area contributed by atoms with E-state index in [2.05, 4.69) is 21.2 Å². The van der Waals surface area contributed by atoms with Crippen LogP contribution in [0, 0.1) is 10.1 Å². The largest absolute Gasteiger partial charge is 0.480 e. The first kappa shape index (κ1) is 13.6. The zero-order chi connectivity index (χ0) is 13.0. The molecule has 0 spiro atoms. The van der Waals surface area contributed by atoms with Crippen molar-refractivity contribution in [1.29, 1.82) is 0 Å². The van der Waals surface area contributed by atoms with Gasteiger partial charge in [-0.1, -0.05) is 15.9 Å². The molecule has 7 heteroatoms. The summed E-state index contributed by atoms with van der Waals surface area (Å²) in [6, 6.07) is 3.90. The quantitative estimate of drug-likeness (QED) is 0.640. The summed E-state index contributed by atoms with van der Waals surface area (Å²) in [4.78, 5) is 20.9. The van der Waals surface area contributed by atoms with Gasteiger partial charge < -0.3 is 10.4 Å². The molecule has 0 bridgehead atoms. The van der Waals surface area contributed by atoms with Gasteiger partial charge in [0.1, 0.15) is 6.04 Å². The van der Waals surface area contributed by atoms with E-state index in [1.165, 1.54) is 13.0 Å². The molecule has 0 aliphatic carbocycles. The number of halogens is 1. The van der Waals surface area contributed by atoms with E-state index in [9.17, 15) is 14.9 Å². The number of carboxylic acid groups (broad SMARTS) is 1. The summed E-state index contributed by atoms with van der Waals surface area (Å²) < 4.78 is 0.610. The third-order valence-corrected chi connectivity index (χ3v) is 2.71. The topological polar surface area (TPSA) is 92.5 Å². The highest BCUT2D eigenvalue weighted by molar-refractivity contribution is 9.10. The van der Waals surface area contributed by atoms with Gasteiger partial charge in [0, 0.05) is 22.6 Å². The summed E-state index contributed by atoms with van der Waals surface area (Å²) in [6.07, 6.45) is 0. The Morgan fingerprint density at radius 3 is 2.82 bits per heavy atom.